The minimum absolute atomic E-state index is 0.225. The molecule has 0 aromatic heterocycles. The standard InChI is InChI=1S/C12H20BrNO2/c13-8-10-2-1-5-14(9-10)12(15)11-3-6-16-7-4-11/h10-11H,1-9H2. The van der Waals surface area contributed by atoms with Crippen LogP contribution in [-0.2, 0) is 9.53 Å². The lowest BCUT2D eigenvalue weighted by Gasteiger charge is -2.35. The summed E-state index contributed by atoms with van der Waals surface area (Å²) in [4.78, 5) is 14.3. The third kappa shape index (κ3) is 2.98. The first-order valence-electron chi connectivity index (χ1n) is 6.23. The van der Waals surface area contributed by atoms with Gasteiger partial charge in [-0.2, -0.15) is 0 Å². The van der Waals surface area contributed by atoms with Gasteiger partial charge in [0.2, 0.25) is 5.91 Å². The van der Waals surface area contributed by atoms with Gasteiger partial charge in [-0.25, -0.2) is 0 Å². The smallest absolute Gasteiger partial charge is 0.225 e. The summed E-state index contributed by atoms with van der Waals surface area (Å²) < 4.78 is 5.30. The number of hydrogen-bond acceptors (Lipinski definition) is 2. The minimum Gasteiger partial charge on any atom is -0.381 e. The van der Waals surface area contributed by atoms with E-state index in [4.69, 9.17) is 4.74 Å². The summed E-state index contributed by atoms with van der Waals surface area (Å²) in [5, 5.41) is 1.02. The molecule has 92 valence electrons. The Bertz CT molecular complexity index is 241. The van der Waals surface area contributed by atoms with Crippen molar-refractivity contribution in [3.8, 4) is 0 Å². The van der Waals surface area contributed by atoms with Crippen LogP contribution in [0.15, 0.2) is 0 Å². The molecule has 1 amide bonds. The van der Waals surface area contributed by atoms with Gasteiger partial charge in [-0.05, 0) is 31.6 Å². The number of alkyl halides is 1. The van der Waals surface area contributed by atoms with Gasteiger partial charge in [0.15, 0.2) is 0 Å². The van der Waals surface area contributed by atoms with Crippen LogP contribution in [0.2, 0.25) is 0 Å². The Labute approximate surface area is 106 Å². The zero-order valence-corrected chi connectivity index (χ0v) is 11.2. The quantitative estimate of drug-likeness (QED) is 0.728. The van der Waals surface area contributed by atoms with Crippen molar-refractivity contribution < 1.29 is 9.53 Å². The molecule has 0 bridgehead atoms. The maximum Gasteiger partial charge on any atom is 0.225 e. The molecule has 0 saturated carbocycles. The molecule has 3 nitrogen and oxygen atoms in total. The van der Waals surface area contributed by atoms with Gasteiger partial charge in [0.25, 0.3) is 0 Å². The molecule has 1 unspecified atom stereocenters. The number of amides is 1. The van der Waals surface area contributed by atoms with Gasteiger partial charge in [-0.15, -0.1) is 0 Å². The highest BCUT2D eigenvalue weighted by Crippen LogP contribution is 2.23. The van der Waals surface area contributed by atoms with Gasteiger partial charge in [-0.1, -0.05) is 15.9 Å². The fourth-order valence-corrected chi connectivity index (χ4v) is 3.12. The fourth-order valence-electron chi connectivity index (χ4n) is 2.59. The highest BCUT2D eigenvalue weighted by Gasteiger charge is 2.29. The van der Waals surface area contributed by atoms with E-state index >= 15 is 0 Å². The minimum atomic E-state index is 0.225. The van der Waals surface area contributed by atoms with Crippen LogP contribution < -0.4 is 0 Å². The molecule has 0 N–H and O–H groups in total. The first-order valence-corrected chi connectivity index (χ1v) is 7.36. The monoisotopic (exact) mass is 289 g/mol. The first kappa shape index (κ1) is 12.4. The predicted molar refractivity (Wildman–Crippen MR) is 66.6 cm³/mol. The van der Waals surface area contributed by atoms with Crippen LogP contribution in [0.1, 0.15) is 25.7 Å². The zero-order valence-electron chi connectivity index (χ0n) is 9.66. The van der Waals surface area contributed by atoms with Crippen LogP contribution in [0.25, 0.3) is 0 Å². The van der Waals surface area contributed by atoms with E-state index in [9.17, 15) is 4.79 Å². The van der Waals surface area contributed by atoms with E-state index in [1.54, 1.807) is 0 Å². The van der Waals surface area contributed by atoms with Gasteiger partial charge < -0.3 is 9.64 Å². The second kappa shape index (κ2) is 6.01. The van der Waals surface area contributed by atoms with Crippen molar-refractivity contribution in [1.82, 2.24) is 4.90 Å². The molecular weight excluding hydrogens is 270 g/mol. The van der Waals surface area contributed by atoms with Crippen molar-refractivity contribution in [2.75, 3.05) is 31.6 Å². The molecule has 0 aromatic rings. The van der Waals surface area contributed by atoms with Crippen LogP contribution >= 0.6 is 15.9 Å². The van der Waals surface area contributed by atoms with Crippen molar-refractivity contribution in [2.45, 2.75) is 25.7 Å². The Balaban J connectivity index is 1.87. The van der Waals surface area contributed by atoms with Crippen molar-refractivity contribution in [3.63, 3.8) is 0 Å². The van der Waals surface area contributed by atoms with Crippen LogP contribution in [0.3, 0.4) is 0 Å². The number of piperidine rings is 1. The fraction of sp³-hybridized carbons (Fsp3) is 0.917. The number of ether oxygens (including phenoxy) is 1. The molecule has 2 aliphatic heterocycles. The van der Waals surface area contributed by atoms with Gasteiger partial charge >= 0.3 is 0 Å². The average Bonchev–Trinajstić information content (AvgIpc) is 2.39. The number of hydrogen-bond donors (Lipinski definition) is 0. The lowest BCUT2D eigenvalue weighted by Crippen LogP contribution is -2.44. The molecule has 2 saturated heterocycles. The third-order valence-corrected chi connectivity index (χ3v) is 4.54. The van der Waals surface area contributed by atoms with E-state index < -0.39 is 0 Å². The topological polar surface area (TPSA) is 29.5 Å². The number of carbonyl (C=O) groups is 1. The molecule has 2 aliphatic rings. The van der Waals surface area contributed by atoms with Gasteiger partial charge in [0, 0.05) is 37.6 Å². The maximum atomic E-state index is 12.3. The van der Waals surface area contributed by atoms with Crippen LogP contribution in [-0.4, -0.2) is 42.4 Å². The van der Waals surface area contributed by atoms with E-state index in [1.165, 1.54) is 6.42 Å². The van der Waals surface area contributed by atoms with Crippen LogP contribution in [0, 0.1) is 11.8 Å². The molecule has 16 heavy (non-hydrogen) atoms. The van der Waals surface area contributed by atoms with Crippen molar-refractivity contribution in [1.29, 1.82) is 0 Å². The normalized spacial score (nSPS) is 28.1. The van der Waals surface area contributed by atoms with Crippen molar-refractivity contribution in [2.24, 2.45) is 11.8 Å². The second-order valence-corrected chi connectivity index (χ2v) is 5.48. The average molecular weight is 290 g/mol. The largest absolute Gasteiger partial charge is 0.381 e. The molecule has 2 fully saturated rings. The number of halogens is 1. The van der Waals surface area contributed by atoms with Crippen molar-refractivity contribution in [3.05, 3.63) is 0 Å². The van der Waals surface area contributed by atoms with E-state index in [2.05, 4.69) is 20.8 Å². The third-order valence-electron chi connectivity index (χ3n) is 3.62. The summed E-state index contributed by atoms with van der Waals surface area (Å²) in [6, 6.07) is 0. The van der Waals surface area contributed by atoms with E-state index in [-0.39, 0.29) is 5.92 Å². The molecular formula is C12H20BrNO2. The van der Waals surface area contributed by atoms with E-state index in [0.29, 0.717) is 11.8 Å². The molecule has 0 radical (unpaired) electrons. The van der Waals surface area contributed by atoms with Crippen molar-refractivity contribution >= 4 is 21.8 Å². The summed E-state index contributed by atoms with van der Waals surface area (Å²) in [6.07, 6.45) is 4.23. The molecule has 0 aliphatic carbocycles. The maximum absolute atomic E-state index is 12.3. The SMILES string of the molecule is O=C(C1CCOCC1)N1CCCC(CBr)C1. The van der Waals surface area contributed by atoms with Gasteiger partial charge in [0.1, 0.15) is 0 Å². The molecule has 2 heterocycles. The lowest BCUT2D eigenvalue weighted by molar-refractivity contribution is -0.140. The summed E-state index contributed by atoms with van der Waals surface area (Å²) in [7, 11) is 0. The zero-order chi connectivity index (χ0) is 11.4. The lowest BCUT2D eigenvalue weighted by atomic mass is 9.95. The summed E-state index contributed by atoms with van der Waals surface area (Å²) in [5.41, 5.74) is 0. The highest BCUT2D eigenvalue weighted by molar-refractivity contribution is 9.09. The predicted octanol–water partition coefficient (Wildman–Crippen LogP) is 2.05. The first-order chi connectivity index (χ1) is 7.81. The Hall–Kier alpha value is -0.0900. The highest BCUT2D eigenvalue weighted by atomic mass is 79.9. The Morgan fingerprint density at radius 2 is 2.06 bits per heavy atom. The van der Waals surface area contributed by atoms with Crippen LogP contribution in [0.5, 0.6) is 0 Å². The van der Waals surface area contributed by atoms with Gasteiger partial charge in [-0.3, -0.25) is 4.79 Å². The van der Waals surface area contributed by atoms with E-state index in [1.807, 2.05) is 0 Å². The molecule has 0 spiro atoms. The Morgan fingerprint density at radius 3 is 2.75 bits per heavy atom. The molecule has 2 rings (SSSR count). The molecule has 4 heteroatoms. The summed E-state index contributed by atoms with van der Waals surface area (Å²) in [6.45, 7) is 3.42. The molecule has 1 atom stereocenters. The number of rotatable bonds is 2. The summed E-state index contributed by atoms with van der Waals surface area (Å²) in [5.74, 6) is 1.24. The number of nitrogens with zero attached hydrogens (tertiary/aromatic N) is 1. The van der Waals surface area contributed by atoms with Crippen LogP contribution in [0.4, 0.5) is 0 Å². The van der Waals surface area contributed by atoms with Gasteiger partial charge in [0.05, 0.1) is 0 Å². The molecule has 0 aromatic carbocycles. The number of carbonyl (C=O) groups excluding carboxylic acids is 1. The Kier molecular flexibility index (Phi) is 4.65. The van der Waals surface area contributed by atoms with E-state index in [0.717, 1.165) is 50.9 Å². The second-order valence-electron chi connectivity index (χ2n) is 4.83. The Morgan fingerprint density at radius 1 is 1.31 bits per heavy atom. The summed E-state index contributed by atoms with van der Waals surface area (Å²) >= 11 is 3.53. The number of likely N-dealkylation sites (tertiary alicyclic amines) is 1.